The van der Waals surface area contributed by atoms with Gasteiger partial charge in [-0.05, 0) is 42.2 Å². The molecule has 1 aliphatic rings. The van der Waals surface area contributed by atoms with Gasteiger partial charge in [-0.15, -0.1) is 0 Å². The van der Waals surface area contributed by atoms with Gasteiger partial charge in [-0.25, -0.2) is 10.9 Å². The predicted molar refractivity (Wildman–Crippen MR) is 108 cm³/mol. The minimum absolute atomic E-state index is 0.0994. The predicted octanol–water partition coefficient (Wildman–Crippen LogP) is 1.51. The highest BCUT2D eigenvalue weighted by atomic mass is 16.5. The molecule has 0 aromatic heterocycles. The van der Waals surface area contributed by atoms with Gasteiger partial charge in [0.05, 0.1) is 26.3 Å². The summed E-state index contributed by atoms with van der Waals surface area (Å²) in [7, 11) is 3.22. The highest BCUT2D eigenvalue weighted by Gasteiger charge is 2.31. The van der Waals surface area contributed by atoms with Gasteiger partial charge in [0, 0.05) is 11.8 Å². The van der Waals surface area contributed by atoms with E-state index in [1.54, 1.807) is 14.2 Å². The maximum absolute atomic E-state index is 13.1. The molecule has 8 heteroatoms. The maximum atomic E-state index is 13.1. The highest BCUT2D eigenvalue weighted by molar-refractivity contribution is 5.93. The van der Waals surface area contributed by atoms with Crippen molar-refractivity contribution >= 4 is 11.6 Å². The summed E-state index contributed by atoms with van der Waals surface area (Å²) in [6.07, 6.45) is 1.13. The number of methoxy groups -OCH3 is 2. The van der Waals surface area contributed by atoms with Gasteiger partial charge in [0.15, 0.2) is 0 Å². The molecular formula is C20H27N5O3. The Kier molecular flexibility index (Phi) is 6.83. The van der Waals surface area contributed by atoms with Gasteiger partial charge < -0.3 is 14.8 Å². The van der Waals surface area contributed by atoms with Crippen molar-refractivity contribution in [3.05, 3.63) is 53.6 Å². The molecule has 1 atom stereocenters. The van der Waals surface area contributed by atoms with Crippen LogP contribution < -0.4 is 36.7 Å². The molecule has 2 aromatic carbocycles. The van der Waals surface area contributed by atoms with E-state index < -0.39 is 5.92 Å². The van der Waals surface area contributed by atoms with E-state index >= 15 is 0 Å². The number of anilines is 1. The van der Waals surface area contributed by atoms with Crippen LogP contribution in [0, 0.1) is 5.92 Å². The van der Waals surface area contributed by atoms with Gasteiger partial charge in [0.25, 0.3) is 0 Å². The first-order valence-corrected chi connectivity index (χ1v) is 9.26. The van der Waals surface area contributed by atoms with Gasteiger partial charge in [-0.1, -0.05) is 25.1 Å². The molecule has 8 nitrogen and oxygen atoms in total. The lowest BCUT2D eigenvalue weighted by Gasteiger charge is -2.23. The van der Waals surface area contributed by atoms with Crippen molar-refractivity contribution in [2.24, 2.45) is 5.92 Å². The highest BCUT2D eigenvalue weighted by Crippen LogP contribution is 2.28. The number of hydrogen-bond donors (Lipinski definition) is 5. The van der Waals surface area contributed by atoms with E-state index in [-0.39, 0.29) is 12.1 Å². The zero-order valence-electron chi connectivity index (χ0n) is 16.3. The Hall–Kier alpha value is -2.65. The molecule has 0 radical (unpaired) electrons. The lowest BCUT2D eigenvalue weighted by Crippen LogP contribution is -2.47. The molecule has 0 bridgehead atoms. The van der Waals surface area contributed by atoms with E-state index in [9.17, 15) is 4.79 Å². The monoisotopic (exact) mass is 385 g/mol. The summed E-state index contributed by atoms with van der Waals surface area (Å²) in [5.74, 6) is 0.884. The Labute approximate surface area is 164 Å². The third-order valence-corrected chi connectivity index (χ3v) is 4.82. The van der Waals surface area contributed by atoms with Gasteiger partial charge in [0.1, 0.15) is 11.5 Å². The Balaban J connectivity index is 1.79. The summed E-state index contributed by atoms with van der Waals surface area (Å²) in [6.45, 7) is 2.10. The fourth-order valence-electron chi connectivity index (χ4n) is 3.14. The third-order valence-electron chi connectivity index (χ3n) is 4.82. The zero-order valence-corrected chi connectivity index (χ0v) is 16.3. The van der Waals surface area contributed by atoms with Crippen LogP contribution in [0.1, 0.15) is 18.1 Å². The zero-order chi connectivity index (χ0) is 19.9. The number of hydrogen-bond acceptors (Lipinski definition) is 7. The largest absolute Gasteiger partial charge is 0.497 e. The molecule has 1 aliphatic heterocycles. The molecule has 1 fully saturated rings. The topological polar surface area (TPSA) is 95.7 Å². The first-order chi connectivity index (χ1) is 13.6. The van der Waals surface area contributed by atoms with Crippen molar-refractivity contribution in [3.8, 4) is 11.5 Å². The van der Waals surface area contributed by atoms with E-state index in [0.29, 0.717) is 17.9 Å². The number of amides is 1. The van der Waals surface area contributed by atoms with Crippen LogP contribution in [-0.4, -0.2) is 26.3 Å². The Morgan fingerprint density at radius 1 is 1.07 bits per heavy atom. The molecule has 3 rings (SSSR count). The standard InChI is InChI=1S/C20H27N5O3/c1-4-13-5-8-15(9-6-13)21-20(26)17(19-22-24-25-23-19)11-14-7-10-16(27-2)12-18(14)28-3/h5-10,12,17,19,22-25H,4,11H2,1-3H3,(H,21,26). The Bertz CT molecular complexity index is 791. The van der Waals surface area contributed by atoms with Gasteiger partial charge in [0.2, 0.25) is 5.91 Å². The number of hydrazine groups is 3. The Morgan fingerprint density at radius 2 is 1.79 bits per heavy atom. The van der Waals surface area contributed by atoms with Crippen LogP contribution in [-0.2, 0) is 17.6 Å². The van der Waals surface area contributed by atoms with E-state index in [1.807, 2.05) is 42.5 Å². The number of nitrogens with one attached hydrogen (secondary N) is 5. The number of benzene rings is 2. The van der Waals surface area contributed by atoms with Gasteiger partial charge >= 0.3 is 0 Å². The third kappa shape index (κ3) is 4.79. The number of ether oxygens (including phenoxy) is 2. The van der Waals surface area contributed by atoms with Crippen LogP contribution >= 0.6 is 0 Å². The van der Waals surface area contributed by atoms with E-state index in [0.717, 1.165) is 17.7 Å². The van der Waals surface area contributed by atoms with Crippen molar-refractivity contribution in [1.82, 2.24) is 21.9 Å². The normalized spacial score (nSPS) is 15.2. The van der Waals surface area contributed by atoms with Crippen LogP contribution in [0.15, 0.2) is 42.5 Å². The van der Waals surface area contributed by atoms with Crippen LogP contribution in [0.2, 0.25) is 0 Å². The number of aryl methyl sites for hydroxylation is 1. The molecule has 2 aromatic rings. The maximum Gasteiger partial charge on any atom is 0.230 e. The summed E-state index contributed by atoms with van der Waals surface area (Å²) in [5, 5.41) is 3.01. The summed E-state index contributed by atoms with van der Waals surface area (Å²) < 4.78 is 10.7. The van der Waals surface area contributed by atoms with Crippen LogP contribution in [0.4, 0.5) is 5.69 Å². The van der Waals surface area contributed by atoms with E-state index in [4.69, 9.17) is 9.47 Å². The quantitative estimate of drug-likeness (QED) is 0.470. The lowest BCUT2D eigenvalue weighted by atomic mass is 9.94. The fraction of sp³-hybridized carbons (Fsp3) is 0.350. The molecule has 1 unspecified atom stereocenters. The van der Waals surface area contributed by atoms with E-state index in [1.165, 1.54) is 5.56 Å². The molecule has 1 saturated heterocycles. The van der Waals surface area contributed by atoms with Crippen molar-refractivity contribution in [2.75, 3.05) is 19.5 Å². The second kappa shape index (κ2) is 9.52. The molecule has 0 saturated carbocycles. The summed E-state index contributed by atoms with van der Waals surface area (Å²) in [4.78, 5) is 13.1. The summed E-state index contributed by atoms with van der Waals surface area (Å²) in [5.41, 5.74) is 14.5. The molecule has 0 aliphatic carbocycles. The fourth-order valence-corrected chi connectivity index (χ4v) is 3.14. The summed E-state index contributed by atoms with van der Waals surface area (Å²) in [6, 6.07) is 13.5. The molecule has 1 heterocycles. The average Bonchev–Trinajstić information content (AvgIpc) is 3.26. The molecule has 28 heavy (non-hydrogen) atoms. The van der Waals surface area contributed by atoms with E-state index in [2.05, 4.69) is 34.2 Å². The second-order valence-electron chi connectivity index (χ2n) is 6.54. The molecule has 5 N–H and O–H groups in total. The number of carbonyl (C=O) groups excluding carboxylic acids is 1. The first-order valence-electron chi connectivity index (χ1n) is 9.26. The lowest BCUT2D eigenvalue weighted by molar-refractivity contribution is -0.120. The van der Waals surface area contributed by atoms with Crippen molar-refractivity contribution in [2.45, 2.75) is 25.9 Å². The average molecular weight is 385 g/mol. The van der Waals surface area contributed by atoms with Gasteiger partial charge in [-0.3, -0.25) is 4.79 Å². The number of carbonyl (C=O) groups is 1. The van der Waals surface area contributed by atoms with Crippen LogP contribution in [0.5, 0.6) is 11.5 Å². The van der Waals surface area contributed by atoms with Crippen LogP contribution in [0.3, 0.4) is 0 Å². The van der Waals surface area contributed by atoms with Crippen molar-refractivity contribution in [1.29, 1.82) is 0 Å². The van der Waals surface area contributed by atoms with Gasteiger partial charge in [-0.2, -0.15) is 11.1 Å². The Morgan fingerprint density at radius 3 is 2.39 bits per heavy atom. The first kappa shape index (κ1) is 20.1. The molecular weight excluding hydrogens is 358 g/mol. The minimum atomic E-state index is -0.407. The SMILES string of the molecule is CCc1ccc(NC(=O)C(Cc2ccc(OC)cc2OC)C2NNNN2)cc1. The molecule has 150 valence electrons. The molecule has 0 spiro atoms. The van der Waals surface area contributed by atoms with Crippen molar-refractivity contribution in [3.63, 3.8) is 0 Å². The number of rotatable bonds is 8. The molecule has 1 amide bonds. The minimum Gasteiger partial charge on any atom is -0.497 e. The smallest absolute Gasteiger partial charge is 0.230 e. The summed E-state index contributed by atoms with van der Waals surface area (Å²) >= 11 is 0. The second-order valence-corrected chi connectivity index (χ2v) is 6.54. The van der Waals surface area contributed by atoms with Crippen molar-refractivity contribution < 1.29 is 14.3 Å². The van der Waals surface area contributed by atoms with Crippen LogP contribution in [0.25, 0.3) is 0 Å².